The number of nitrogens with zero attached hydrogens (tertiary/aromatic N) is 2. The highest BCUT2D eigenvalue weighted by Gasteiger charge is 2.32. The van der Waals surface area contributed by atoms with Gasteiger partial charge in [0.2, 0.25) is 11.8 Å². The van der Waals surface area contributed by atoms with Gasteiger partial charge in [-0.1, -0.05) is 47.5 Å². The zero-order chi connectivity index (χ0) is 27.9. The topological polar surface area (TPSA) is 96.0 Å². The number of carbonyl (C=O) groups is 2. The molecule has 11 heteroatoms. The summed E-state index contributed by atoms with van der Waals surface area (Å²) in [6.07, 6.45) is 0. The molecular weight excluding hydrogens is 549 g/mol. The Morgan fingerprint density at radius 3 is 2.21 bits per heavy atom. The predicted octanol–water partition coefficient (Wildman–Crippen LogP) is 4.75. The molecule has 2 amide bonds. The van der Waals surface area contributed by atoms with E-state index in [9.17, 15) is 18.0 Å². The van der Waals surface area contributed by atoms with Crippen molar-refractivity contribution in [3.05, 3.63) is 88.4 Å². The molecule has 0 aliphatic carbocycles. The molecule has 8 nitrogen and oxygen atoms in total. The van der Waals surface area contributed by atoms with Crippen molar-refractivity contribution in [1.29, 1.82) is 0 Å². The number of methoxy groups -OCH3 is 1. The molecule has 0 saturated carbocycles. The van der Waals surface area contributed by atoms with Crippen LogP contribution < -0.4 is 14.4 Å². The first-order chi connectivity index (χ1) is 18.1. The molecule has 0 aromatic heterocycles. The summed E-state index contributed by atoms with van der Waals surface area (Å²) in [5.74, 6) is -0.448. The van der Waals surface area contributed by atoms with Crippen LogP contribution in [-0.4, -0.2) is 51.4 Å². The maximum absolute atomic E-state index is 13.8. The minimum absolute atomic E-state index is 0.0113. The maximum Gasteiger partial charge on any atom is 0.264 e. The summed E-state index contributed by atoms with van der Waals surface area (Å²) in [4.78, 5) is 27.8. The van der Waals surface area contributed by atoms with Gasteiger partial charge in [-0.05, 0) is 67.9 Å². The van der Waals surface area contributed by atoms with Gasteiger partial charge < -0.3 is 15.0 Å². The first-order valence-electron chi connectivity index (χ1n) is 11.8. The second-order valence-electron chi connectivity index (χ2n) is 8.36. The van der Waals surface area contributed by atoms with Crippen LogP contribution in [0.15, 0.2) is 77.7 Å². The quantitative estimate of drug-likeness (QED) is 0.354. The number of hydrogen-bond donors (Lipinski definition) is 1. The largest absolute Gasteiger partial charge is 0.497 e. The van der Waals surface area contributed by atoms with Gasteiger partial charge in [-0.25, -0.2) is 8.42 Å². The van der Waals surface area contributed by atoms with Gasteiger partial charge in [-0.2, -0.15) is 0 Å². The molecule has 0 heterocycles. The number of sulfonamides is 1. The molecule has 1 atom stereocenters. The molecule has 0 aliphatic heterocycles. The number of nitrogens with one attached hydrogen (secondary N) is 1. The van der Waals surface area contributed by atoms with Crippen molar-refractivity contribution in [3.63, 3.8) is 0 Å². The standard InChI is InChI=1S/C27H29Cl2N3O5S/c1-4-30-27(34)19(2)31(17-20-10-15-24(28)25(29)16-20)26(33)18-32(21-8-6-5-7-9-21)38(35,36)23-13-11-22(37-3)12-14-23/h5-16,19H,4,17-18H2,1-3H3,(H,30,34)/t19-/m1/s1. The van der Waals surface area contributed by atoms with Crippen LogP contribution in [0.1, 0.15) is 19.4 Å². The maximum atomic E-state index is 13.8. The predicted molar refractivity (Wildman–Crippen MR) is 149 cm³/mol. The Kier molecular flexibility index (Phi) is 10.0. The molecule has 0 aliphatic rings. The van der Waals surface area contributed by atoms with E-state index in [-0.39, 0.29) is 17.3 Å². The van der Waals surface area contributed by atoms with E-state index in [0.29, 0.717) is 33.6 Å². The van der Waals surface area contributed by atoms with Crippen molar-refractivity contribution >= 4 is 50.7 Å². The molecule has 1 N–H and O–H groups in total. The van der Waals surface area contributed by atoms with E-state index in [1.165, 1.54) is 36.3 Å². The van der Waals surface area contributed by atoms with Gasteiger partial charge in [0.15, 0.2) is 0 Å². The van der Waals surface area contributed by atoms with Crippen molar-refractivity contribution in [2.24, 2.45) is 0 Å². The van der Waals surface area contributed by atoms with Crippen LogP contribution in [0.2, 0.25) is 10.0 Å². The smallest absolute Gasteiger partial charge is 0.264 e. The lowest BCUT2D eigenvalue weighted by atomic mass is 10.1. The van der Waals surface area contributed by atoms with Gasteiger partial charge in [-0.3, -0.25) is 13.9 Å². The van der Waals surface area contributed by atoms with Gasteiger partial charge in [0.1, 0.15) is 18.3 Å². The van der Waals surface area contributed by atoms with Crippen LogP contribution in [0.5, 0.6) is 5.75 Å². The Morgan fingerprint density at radius 2 is 1.63 bits per heavy atom. The lowest BCUT2D eigenvalue weighted by Crippen LogP contribution is -2.51. The number of hydrogen-bond acceptors (Lipinski definition) is 5. The summed E-state index contributed by atoms with van der Waals surface area (Å²) in [6.45, 7) is 3.21. The number of carbonyl (C=O) groups excluding carboxylic acids is 2. The first-order valence-corrected chi connectivity index (χ1v) is 14.0. The summed E-state index contributed by atoms with van der Waals surface area (Å²) < 4.78 is 33.7. The second kappa shape index (κ2) is 13.0. The number of halogens is 2. The number of anilines is 1. The monoisotopic (exact) mass is 577 g/mol. The average molecular weight is 579 g/mol. The van der Waals surface area contributed by atoms with Crippen LogP contribution in [0, 0.1) is 0 Å². The molecule has 0 unspecified atom stereocenters. The second-order valence-corrected chi connectivity index (χ2v) is 11.0. The molecule has 3 aromatic rings. The Bertz CT molecular complexity index is 1370. The lowest BCUT2D eigenvalue weighted by molar-refractivity contribution is -0.139. The lowest BCUT2D eigenvalue weighted by Gasteiger charge is -2.32. The third-order valence-electron chi connectivity index (χ3n) is 5.83. The average Bonchev–Trinajstić information content (AvgIpc) is 2.92. The molecule has 0 saturated heterocycles. The highest BCUT2D eigenvalue weighted by molar-refractivity contribution is 7.92. The Morgan fingerprint density at radius 1 is 0.974 bits per heavy atom. The van der Waals surface area contributed by atoms with Gasteiger partial charge in [0, 0.05) is 13.1 Å². The van der Waals surface area contributed by atoms with E-state index in [1.807, 2.05) is 0 Å². The van der Waals surface area contributed by atoms with E-state index in [1.54, 1.807) is 62.4 Å². The van der Waals surface area contributed by atoms with Gasteiger partial charge in [0.25, 0.3) is 10.0 Å². The highest BCUT2D eigenvalue weighted by Crippen LogP contribution is 2.27. The van der Waals surface area contributed by atoms with Gasteiger partial charge in [-0.15, -0.1) is 0 Å². The molecule has 38 heavy (non-hydrogen) atoms. The SMILES string of the molecule is CCNC(=O)[C@@H](C)N(Cc1ccc(Cl)c(Cl)c1)C(=O)CN(c1ccccc1)S(=O)(=O)c1ccc(OC)cc1. The summed E-state index contributed by atoms with van der Waals surface area (Å²) in [5.41, 5.74) is 0.935. The molecule has 3 rings (SSSR count). The molecule has 0 spiro atoms. The number of rotatable bonds is 11. The van der Waals surface area contributed by atoms with Crippen LogP contribution >= 0.6 is 23.2 Å². The Labute approximate surface area is 233 Å². The Hall–Kier alpha value is -3.27. The highest BCUT2D eigenvalue weighted by atomic mass is 35.5. The van der Waals surface area contributed by atoms with Crippen molar-refractivity contribution in [2.75, 3.05) is 24.5 Å². The summed E-state index contributed by atoms with van der Waals surface area (Å²) in [6, 6.07) is 18.2. The van der Waals surface area contributed by atoms with E-state index >= 15 is 0 Å². The molecular formula is C27H29Cl2N3O5S. The number of ether oxygens (including phenoxy) is 1. The summed E-state index contributed by atoms with van der Waals surface area (Å²) >= 11 is 12.2. The van der Waals surface area contributed by atoms with Crippen molar-refractivity contribution in [2.45, 2.75) is 31.3 Å². The number of amides is 2. The normalized spacial score (nSPS) is 11.9. The first kappa shape index (κ1) is 29.3. The molecule has 3 aromatic carbocycles. The van der Waals surface area contributed by atoms with E-state index in [0.717, 1.165) is 4.31 Å². The minimum Gasteiger partial charge on any atom is -0.497 e. The number of para-hydroxylation sites is 1. The molecule has 0 bridgehead atoms. The summed E-state index contributed by atoms with van der Waals surface area (Å²) in [5, 5.41) is 3.37. The van der Waals surface area contributed by atoms with Crippen LogP contribution in [0.25, 0.3) is 0 Å². The molecule has 0 fully saturated rings. The van der Waals surface area contributed by atoms with Crippen molar-refractivity contribution in [1.82, 2.24) is 10.2 Å². The third-order valence-corrected chi connectivity index (χ3v) is 8.35. The van der Waals surface area contributed by atoms with E-state index < -0.39 is 28.5 Å². The zero-order valence-corrected chi connectivity index (χ0v) is 23.6. The van der Waals surface area contributed by atoms with Crippen molar-refractivity contribution in [3.8, 4) is 5.75 Å². The van der Waals surface area contributed by atoms with Crippen LogP contribution in [0.4, 0.5) is 5.69 Å². The third kappa shape index (κ3) is 6.98. The fourth-order valence-corrected chi connectivity index (χ4v) is 5.47. The van der Waals surface area contributed by atoms with Gasteiger partial charge >= 0.3 is 0 Å². The van der Waals surface area contributed by atoms with E-state index in [4.69, 9.17) is 27.9 Å². The Balaban J connectivity index is 2.01. The van der Waals surface area contributed by atoms with Crippen LogP contribution in [0.3, 0.4) is 0 Å². The fraction of sp³-hybridized carbons (Fsp3) is 0.259. The molecule has 202 valence electrons. The van der Waals surface area contributed by atoms with Crippen LogP contribution in [-0.2, 0) is 26.2 Å². The zero-order valence-electron chi connectivity index (χ0n) is 21.2. The van der Waals surface area contributed by atoms with E-state index in [2.05, 4.69) is 5.32 Å². The number of likely N-dealkylation sites (N-methyl/N-ethyl adjacent to an activating group) is 1. The minimum atomic E-state index is -4.16. The van der Waals surface area contributed by atoms with Crippen molar-refractivity contribution < 1.29 is 22.7 Å². The number of benzene rings is 3. The summed E-state index contributed by atoms with van der Waals surface area (Å²) in [7, 11) is -2.67. The fourth-order valence-electron chi connectivity index (χ4n) is 3.74. The molecule has 0 radical (unpaired) electrons. The van der Waals surface area contributed by atoms with Gasteiger partial charge in [0.05, 0.1) is 27.7 Å².